The van der Waals surface area contributed by atoms with Crippen LogP contribution in [-0.4, -0.2) is 47.2 Å². The highest BCUT2D eigenvalue weighted by molar-refractivity contribution is 6.04. The van der Waals surface area contributed by atoms with E-state index in [4.69, 9.17) is 4.74 Å². The number of nitrogens with zero attached hydrogens (tertiary/aromatic N) is 1. The van der Waals surface area contributed by atoms with Gasteiger partial charge in [0.15, 0.2) is 0 Å². The van der Waals surface area contributed by atoms with Crippen molar-refractivity contribution in [2.45, 2.75) is 18.4 Å². The average molecular weight is 355 g/mol. The van der Waals surface area contributed by atoms with Crippen molar-refractivity contribution >= 4 is 11.9 Å². The number of carboxylic acid groups (broad SMARTS) is 1. The summed E-state index contributed by atoms with van der Waals surface area (Å²) < 4.78 is 5.21. The lowest BCUT2D eigenvalue weighted by atomic mass is 9.84. The predicted molar refractivity (Wildman–Crippen MR) is 95.4 cm³/mol. The Bertz CT molecular complexity index is 824. The molecule has 0 saturated carbocycles. The molecule has 2 aromatic rings. The second kappa shape index (κ2) is 7.17. The molecule has 1 amide bonds. The van der Waals surface area contributed by atoms with Gasteiger partial charge in [0.1, 0.15) is 5.75 Å². The van der Waals surface area contributed by atoms with Crippen molar-refractivity contribution in [3.05, 3.63) is 65.2 Å². The van der Waals surface area contributed by atoms with Crippen molar-refractivity contribution in [2.75, 3.05) is 20.2 Å². The zero-order valence-electron chi connectivity index (χ0n) is 14.5. The van der Waals surface area contributed by atoms with Crippen molar-refractivity contribution < 1.29 is 24.5 Å². The molecule has 1 aliphatic heterocycles. The molecule has 136 valence electrons. The van der Waals surface area contributed by atoms with Crippen LogP contribution in [0.25, 0.3) is 0 Å². The second-order valence-corrected chi connectivity index (χ2v) is 6.41. The first kappa shape index (κ1) is 17.9. The summed E-state index contributed by atoms with van der Waals surface area (Å²) in [6.07, 6.45) is 0.752. The van der Waals surface area contributed by atoms with E-state index in [1.165, 1.54) is 12.1 Å². The van der Waals surface area contributed by atoms with Gasteiger partial charge in [0.2, 0.25) is 0 Å². The molecule has 2 N–H and O–H groups in total. The highest BCUT2D eigenvalue weighted by Gasteiger charge is 2.36. The van der Waals surface area contributed by atoms with Gasteiger partial charge >= 0.3 is 5.97 Å². The number of hydrogen-bond donors (Lipinski definition) is 2. The minimum Gasteiger partial charge on any atom is -0.497 e. The van der Waals surface area contributed by atoms with Crippen molar-refractivity contribution in [1.82, 2.24) is 4.90 Å². The Hall–Kier alpha value is -2.86. The number of carbonyl (C=O) groups excluding carboxylic acids is 1. The van der Waals surface area contributed by atoms with E-state index in [0.29, 0.717) is 31.7 Å². The Kier molecular flexibility index (Phi) is 4.95. The number of carboxylic acids is 1. The zero-order chi connectivity index (χ0) is 18.7. The number of piperidine rings is 1. The maximum Gasteiger partial charge on any atom is 0.336 e. The van der Waals surface area contributed by atoms with Crippen LogP contribution in [0.2, 0.25) is 0 Å². The first-order chi connectivity index (χ1) is 12.4. The molecule has 1 saturated heterocycles. The van der Waals surface area contributed by atoms with E-state index >= 15 is 0 Å². The molecule has 0 aliphatic carbocycles. The summed E-state index contributed by atoms with van der Waals surface area (Å²) in [6, 6.07) is 13.5. The Morgan fingerprint density at radius 3 is 2.31 bits per heavy atom. The monoisotopic (exact) mass is 355 g/mol. The molecule has 0 radical (unpaired) electrons. The zero-order valence-corrected chi connectivity index (χ0v) is 14.5. The summed E-state index contributed by atoms with van der Waals surface area (Å²) in [7, 11) is 1.57. The van der Waals surface area contributed by atoms with Crippen LogP contribution in [-0.2, 0) is 5.60 Å². The molecule has 1 heterocycles. The average Bonchev–Trinajstić information content (AvgIpc) is 2.68. The number of aliphatic hydroxyl groups is 1. The molecule has 0 spiro atoms. The largest absolute Gasteiger partial charge is 0.497 e. The lowest BCUT2D eigenvalue weighted by molar-refractivity contribution is -0.0213. The summed E-state index contributed by atoms with van der Waals surface area (Å²) in [5.74, 6) is -0.778. The van der Waals surface area contributed by atoms with Gasteiger partial charge in [-0.1, -0.05) is 24.3 Å². The number of amides is 1. The number of likely N-dealkylation sites (tertiary alicyclic amines) is 1. The summed E-state index contributed by atoms with van der Waals surface area (Å²) in [4.78, 5) is 25.7. The maximum absolute atomic E-state index is 12.7. The van der Waals surface area contributed by atoms with E-state index < -0.39 is 11.6 Å². The van der Waals surface area contributed by atoms with Gasteiger partial charge in [0.25, 0.3) is 5.91 Å². The fourth-order valence-corrected chi connectivity index (χ4v) is 3.31. The van der Waals surface area contributed by atoms with Crippen LogP contribution < -0.4 is 4.74 Å². The number of hydrogen-bond acceptors (Lipinski definition) is 4. The standard InChI is InChI=1S/C20H21NO5/c1-26-15-6-4-5-14(13-15)20(25)9-11-21(12-10-20)18(22)16-7-2-3-8-17(16)19(23)24/h2-8,13,25H,9-12H2,1H3,(H,23,24). The number of aromatic carboxylic acids is 1. The van der Waals surface area contributed by atoms with E-state index in [1.54, 1.807) is 30.2 Å². The van der Waals surface area contributed by atoms with Crippen molar-refractivity contribution in [2.24, 2.45) is 0 Å². The second-order valence-electron chi connectivity index (χ2n) is 6.41. The van der Waals surface area contributed by atoms with Crippen LogP contribution >= 0.6 is 0 Å². The molecule has 6 nitrogen and oxygen atoms in total. The topological polar surface area (TPSA) is 87.1 Å². The Balaban J connectivity index is 1.76. The van der Waals surface area contributed by atoms with Gasteiger partial charge in [0, 0.05) is 13.1 Å². The number of benzene rings is 2. The van der Waals surface area contributed by atoms with Crippen LogP contribution in [0.3, 0.4) is 0 Å². The molecule has 26 heavy (non-hydrogen) atoms. The number of rotatable bonds is 4. The van der Waals surface area contributed by atoms with E-state index in [2.05, 4.69) is 0 Å². The van der Waals surface area contributed by atoms with Gasteiger partial charge in [-0.3, -0.25) is 4.79 Å². The van der Waals surface area contributed by atoms with Crippen molar-refractivity contribution in [3.8, 4) is 5.75 Å². The highest BCUT2D eigenvalue weighted by atomic mass is 16.5. The van der Waals surface area contributed by atoms with Crippen LogP contribution in [0.5, 0.6) is 5.75 Å². The van der Waals surface area contributed by atoms with E-state index in [-0.39, 0.29) is 17.0 Å². The fourth-order valence-electron chi connectivity index (χ4n) is 3.31. The Morgan fingerprint density at radius 1 is 1.04 bits per heavy atom. The van der Waals surface area contributed by atoms with E-state index in [9.17, 15) is 19.8 Å². The molecule has 0 atom stereocenters. The van der Waals surface area contributed by atoms with Gasteiger partial charge in [-0.2, -0.15) is 0 Å². The first-order valence-electron chi connectivity index (χ1n) is 8.43. The molecule has 2 aromatic carbocycles. The van der Waals surface area contributed by atoms with Crippen molar-refractivity contribution in [3.63, 3.8) is 0 Å². The van der Waals surface area contributed by atoms with E-state index in [0.717, 1.165) is 5.56 Å². The smallest absolute Gasteiger partial charge is 0.336 e. The van der Waals surface area contributed by atoms with Gasteiger partial charge < -0.3 is 19.8 Å². The Morgan fingerprint density at radius 2 is 1.69 bits per heavy atom. The summed E-state index contributed by atoms with van der Waals surface area (Å²) in [6.45, 7) is 0.695. The third kappa shape index (κ3) is 3.41. The minimum absolute atomic E-state index is 0.00821. The van der Waals surface area contributed by atoms with Crippen molar-refractivity contribution in [1.29, 1.82) is 0 Å². The molecule has 3 rings (SSSR count). The molecule has 1 aliphatic rings. The molecule has 6 heteroatoms. The lowest BCUT2D eigenvalue weighted by Gasteiger charge is -2.38. The summed E-state index contributed by atoms with van der Waals surface area (Å²) >= 11 is 0. The third-order valence-electron chi connectivity index (χ3n) is 4.87. The lowest BCUT2D eigenvalue weighted by Crippen LogP contribution is -2.45. The summed E-state index contributed by atoms with van der Waals surface area (Å²) in [5.41, 5.74) is -0.106. The molecule has 0 unspecified atom stereocenters. The fraction of sp³-hybridized carbons (Fsp3) is 0.300. The SMILES string of the molecule is COc1cccc(C2(O)CCN(C(=O)c3ccccc3C(=O)O)CC2)c1. The minimum atomic E-state index is -1.13. The van der Waals surface area contributed by atoms with Gasteiger partial charge in [-0.05, 0) is 42.7 Å². The van der Waals surface area contributed by atoms with Gasteiger partial charge in [-0.15, -0.1) is 0 Å². The highest BCUT2D eigenvalue weighted by Crippen LogP contribution is 2.34. The van der Waals surface area contributed by atoms with Crippen LogP contribution in [0.1, 0.15) is 39.1 Å². The van der Waals surface area contributed by atoms with Gasteiger partial charge in [-0.25, -0.2) is 4.79 Å². The number of methoxy groups -OCH3 is 1. The van der Waals surface area contributed by atoms with E-state index in [1.807, 2.05) is 18.2 Å². The number of carbonyl (C=O) groups is 2. The normalized spacial score (nSPS) is 16.2. The molecule has 0 bridgehead atoms. The van der Waals surface area contributed by atoms with Crippen LogP contribution in [0.15, 0.2) is 48.5 Å². The Labute approximate surface area is 151 Å². The molecular weight excluding hydrogens is 334 g/mol. The first-order valence-corrected chi connectivity index (χ1v) is 8.43. The third-order valence-corrected chi connectivity index (χ3v) is 4.87. The quantitative estimate of drug-likeness (QED) is 0.880. The maximum atomic E-state index is 12.7. The summed E-state index contributed by atoms with van der Waals surface area (Å²) in [5, 5.41) is 20.3. The van der Waals surface area contributed by atoms with Gasteiger partial charge in [0.05, 0.1) is 23.8 Å². The molecular formula is C20H21NO5. The van der Waals surface area contributed by atoms with Crippen LogP contribution in [0, 0.1) is 0 Å². The molecule has 1 fully saturated rings. The number of ether oxygens (including phenoxy) is 1. The predicted octanol–water partition coefficient (Wildman–Crippen LogP) is 2.52. The van der Waals surface area contributed by atoms with Crippen LogP contribution in [0.4, 0.5) is 0 Å². The molecule has 0 aromatic heterocycles.